The van der Waals surface area contributed by atoms with Crippen LogP contribution in [-0.4, -0.2) is 17.0 Å². The number of benzene rings is 1. The number of hydrogen-bond donors (Lipinski definition) is 1. The molecule has 4 nitrogen and oxygen atoms in total. The van der Waals surface area contributed by atoms with Gasteiger partial charge in [-0.05, 0) is 36.6 Å². The first-order valence-electron chi connectivity index (χ1n) is 6.59. The van der Waals surface area contributed by atoms with Gasteiger partial charge in [0.2, 0.25) is 0 Å². The number of fused-ring (bicyclic) bond motifs is 3. The van der Waals surface area contributed by atoms with Crippen molar-refractivity contribution in [3.8, 4) is 6.07 Å². The van der Waals surface area contributed by atoms with Crippen LogP contribution >= 0.6 is 0 Å². The molecule has 0 saturated carbocycles. The maximum absolute atomic E-state index is 12.0. The second kappa shape index (κ2) is 4.43. The number of amides is 1. The molecule has 96 valence electrons. The van der Waals surface area contributed by atoms with Gasteiger partial charge in [0.1, 0.15) is 5.69 Å². The average molecular weight is 253 g/mol. The Balaban J connectivity index is 2.34. The second-order valence-electron chi connectivity index (χ2n) is 4.83. The SMILES string of the molecule is CCc1cc(C#N)cc2cc3n(c12)CCCNC3=O. The number of nitrogens with one attached hydrogen (secondary N) is 1. The summed E-state index contributed by atoms with van der Waals surface area (Å²) in [7, 11) is 0. The van der Waals surface area contributed by atoms with Crippen molar-refractivity contribution in [2.75, 3.05) is 6.54 Å². The summed E-state index contributed by atoms with van der Waals surface area (Å²) in [5.74, 6) is -0.0192. The van der Waals surface area contributed by atoms with Crippen molar-refractivity contribution < 1.29 is 4.79 Å². The van der Waals surface area contributed by atoms with Gasteiger partial charge < -0.3 is 9.88 Å². The van der Waals surface area contributed by atoms with Crippen LogP contribution in [0, 0.1) is 11.3 Å². The fourth-order valence-corrected chi connectivity index (χ4v) is 2.79. The number of nitriles is 1. The van der Waals surface area contributed by atoms with E-state index in [1.54, 1.807) is 0 Å². The second-order valence-corrected chi connectivity index (χ2v) is 4.83. The number of carbonyl (C=O) groups excluding carboxylic acids is 1. The van der Waals surface area contributed by atoms with Crippen LogP contribution in [-0.2, 0) is 13.0 Å². The number of hydrogen-bond acceptors (Lipinski definition) is 2. The Morgan fingerprint density at radius 2 is 2.26 bits per heavy atom. The lowest BCUT2D eigenvalue weighted by Crippen LogP contribution is -2.22. The zero-order valence-corrected chi connectivity index (χ0v) is 10.9. The smallest absolute Gasteiger partial charge is 0.267 e. The molecular weight excluding hydrogens is 238 g/mol. The van der Waals surface area contributed by atoms with E-state index < -0.39 is 0 Å². The summed E-state index contributed by atoms with van der Waals surface area (Å²) in [4.78, 5) is 12.0. The third kappa shape index (κ3) is 1.78. The van der Waals surface area contributed by atoms with Crippen molar-refractivity contribution in [3.63, 3.8) is 0 Å². The lowest BCUT2D eigenvalue weighted by atomic mass is 10.1. The summed E-state index contributed by atoms with van der Waals surface area (Å²) in [6, 6.07) is 7.88. The fourth-order valence-electron chi connectivity index (χ4n) is 2.79. The Bertz CT molecular complexity index is 706. The van der Waals surface area contributed by atoms with Crippen LogP contribution in [0.25, 0.3) is 10.9 Å². The summed E-state index contributed by atoms with van der Waals surface area (Å²) in [5, 5.41) is 13.0. The van der Waals surface area contributed by atoms with Gasteiger partial charge in [0, 0.05) is 18.5 Å². The Morgan fingerprint density at radius 1 is 1.42 bits per heavy atom. The fraction of sp³-hybridized carbons (Fsp3) is 0.333. The average Bonchev–Trinajstić information content (AvgIpc) is 2.71. The monoisotopic (exact) mass is 253 g/mol. The molecule has 1 aliphatic rings. The maximum Gasteiger partial charge on any atom is 0.267 e. The minimum atomic E-state index is -0.0192. The first kappa shape index (κ1) is 11.8. The van der Waals surface area contributed by atoms with Crippen LogP contribution < -0.4 is 5.32 Å². The first-order valence-corrected chi connectivity index (χ1v) is 6.59. The largest absolute Gasteiger partial charge is 0.351 e. The Labute approximate surface area is 111 Å². The summed E-state index contributed by atoms with van der Waals surface area (Å²) < 4.78 is 2.09. The number of carbonyl (C=O) groups is 1. The molecule has 1 aromatic carbocycles. The van der Waals surface area contributed by atoms with Gasteiger partial charge in [-0.3, -0.25) is 4.79 Å². The van der Waals surface area contributed by atoms with Gasteiger partial charge in [-0.25, -0.2) is 0 Å². The lowest BCUT2D eigenvalue weighted by Gasteiger charge is -2.09. The summed E-state index contributed by atoms with van der Waals surface area (Å²) in [6.07, 6.45) is 1.79. The zero-order valence-electron chi connectivity index (χ0n) is 10.9. The van der Waals surface area contributed by atoms with Crippen molar-refractivity contribution in [1.29, 1.82) is 5.26 Å². The molecule has 1 aliphatic heterocycles. The summed E-state index contributed by atoms with van der Waals surface area (Å²) in [6.45, 7) is 3.64. The number of rotatable bonds is 1. The molecule has 0 bridgehead atoms. The van der Waals surface area contributed by atoms with Crippen molar-refractivity contribution in [3.05, 3.63) is 35.0 Å². The molecule has 0 unspecified atom stereocenters. The van der Waals surface area contributed by atoms with Gasteiger partial charge in [-0.2, -0.15) is 5.26 Å². The molecule has 4 heteroatoms. The highest BCUT2D eigenvalue weighted by atomic mass is 16.1. The minimum absolute atomic E-state index is 0.0192. The normalized spacial score (nSPS) is 14.6. The summed E-state index contributed by atoms with van der Waals surface area (Å²) in [5.41, 5.74) is 3.60. The molecule has 0 atom stereocenters. The molecule has 0 saturated heterocycles. The van der Waals surface area contributed by atoms with E-state index in [4.69, 9.17) is 5.26 Å². The van der Waals surface area contributed by atoms with Gasteiger partial charge in [0.05, 0.1) is 17.1 Å². The molecule has 0 aliphatic carbocycles. The van der Waals surface area contributed by atoms with Crippen LogP contribution in [0.2, 0.25) is 0 Å². The Hall–Kier alpha value is -2.28. The van der Waals surface area contributed by atoms with Crippen LogP contribution in [0.4, 0.5) is 0 Å². The standard InChI is InChI=1S/C15H15N3O/c1-2-11-6-10(9-16)7-12-8-13-15(19)17-4-3-5-18(13)14(11)12/h6-8H,2-5H2,1H3,(H,17,19). The number of aryl methyl sites for hydroxylation is 2. The predicted octanol–water partition coefficient (Wildman–Crippen LogP) is 2.21. The molecule has 2 heterocycles. The van der Waals surface area contributed by atoms with Crippen LogP contribution in [0.3, 0.4) is 0 Å². The van der Waals surface area contributed by atoms with Crippen LogP contribution in [0.5, 0.6) is 0 Å². The molecule has 2 aromatic rings. The van der Waals surface area contributed by atoms with Gasteiger partial charge in [-0.1, -0.05) is 6.92 Å². The van der Waals surface area contributed by atoms with E-state index in [2.05, 4.69) is 22.9 Å². The zero-order chi connectivity index (χ0) is 13.4. The van der Waals surface area contributed by atoms with Gasteiger partial charge in [0.25, 0.3) is 5.91 Å². The first-order chi connectivity index (χ1) is 9.24. The predicted molar refractivity (Wildman–Crippen MR) is 73.0 cm³/mol. The van der Waals surface area contributed by atoms with Crippen molar-refractivity contribution in [1.82, 2.24) is 9.88 Å². The molecule has 1 N–H and O–H groups in total. The molecule has 0 radical (unpaired) electrons. The summed E-state index contributed by atoms with van der Waals surface area (Å²) >= 11 is 0. The molecule has 0 fully saturated rings. The third-order valence-corrected chi connectivity index (χ3v) is 3.66. The van der Waals surface area contributed by atoms with E-state index in [-0.39, 0.29) is 5.91 Å². The minimum Gasteiger partial charge on any atom is -0.351 e. The van der Waals surface area contributed by atoms with Gasteiger partial charge in [0.15, 0.2) is 0 Å². The highest BCUT2D eigenvalue weighted by molar-refractivity contribution is 6.00. The molecule has 1 amide bonds. The van der Waals surface area contributed by atoms with Crippen LogP contribution in [0.15, 0.2) is 18.2 Å². The van der Waals surface area contributed by atoms with E-state index in [1.165, 1.54) is 0 Å². The molecule has 3 rings (SSSR count). The maximum atomic E-state index is 12.0. The van der Waals surface area contributed by atoms with Crippen molar-refractivity contribution in [2.45, 2.75) is 26.3 Å². The molecular formula is C15H15N3O. The van der Waals surface area contributed by atoms with E-state index >= 15 is 0 Å². The Kier molecular flexibility index (Phi) is 2.75. The highest BCUT2D eigenvalue weighted by Gasteiger charge is 2.19. The quantitative estimate of drug-likeness (QED) is 0.847. The third-order valence-electron chi connectivity index (χ3n) is 3.66. The van der Waals surface area contributed by atoms with E-state index in [1.807, 2.05) is 18.2 Å². The topological polar surface area (TPSA) is 57.8 Å². The van der Waals surface area contributed by atoms with E-state index in [0.29, 0.717) is 11.3 Å². The van der Waals surface area contributed by atoms with E-state index in [9.17, 15) is 4.79 Å². The molecule has 0 spiro atoms. The van der Waals surface area contributed by atoms with E-state index in [0.717, 1.165) is 42.4 Å². The van der Waals surface area contributed by atoms with Gasteiger partial charge in [-0.15, -0.1) is 0 Å². The Morgan fingerprint density at radius 3 is 3.00 bits per heavy atom. The highest BCUT2D eigenvalue weighted by Crippen LogP contribution is 2.27. The van der Waals surface area contributed by atoms with Crippen molar-refractivity contribution in [2.24, 2.45) is 0 Å². The van der Waals surface area contributed by atoms with Gasteiger partial charge >= 0.3 is 0 Å². The number of nitrogens with zero attached hydrogens (tertiary/aromatic N) is 2. The molecule has 19 heavy (non-hydrogen) atoms. The van der Waals surface area contributed by atoms with Crippen LogP contribution in [0.1, 0.15) is 35.0 Å². The lowest BCUT2D eigenvalue weighted by molar-refractivity contribution is 0.0951. The number of aromatic nitrogens is 1. The molecule has 1 aromatic heterocycles. The van der Waals surface area contributed by atoms with Crippen molar-refractivity contribution >= 4 is 16.8 Å².